The number of rotatable bonds is 7. The molecule has 4 heterocycles. The van der Waals surface area contributed by atoms with E-state index in [0.717, 1.165) is 48.1 Å². The second-order valence-corrected chi connectivity index (χ2v) is 13.7. The van der Waals surface area contributed by atoms with Gasteiger partial charge in [0.25, 0.3) is 0 Å². The fourth-order valence-electron chi connectivity index (χ4n) is 6.87. The van der Waals surface area contributed by atoms with Crippen LogP contribution in [0, 0.1) is 10.1 Å². The van der Waals surface area contributed by atoms with Gasteiger partial charge in [0, 0.05) is 81.1 Å². The molecule has 13 heteroatoms. The maximum atomic E-state index is 10.7. The summed E-state index contributed by atoms with van der Waals surface area (Å²) in [5.41, 5.74) is 7.52. The molecule has 5 N–H and O–H groups in total. The number of nitrogens with zero attached hydrogens (tertiary/aromatic N) is 7. The standard InChI is InChI=1S/C20H20N4O3.C20H22N4O.CH4O/c25-20(14-24(26)27)8-11-23(12-9-20)19-21-10-7-18(22-19)17-6-5-15-3-1-2-4-16(15)13-17;21-14-20(25)8-11-24(12-9-20)19-22-10-7-18(23-19)17-6-5-15-3-1-2-4-16(15)13-17;1-2/h1-7,10,13,25H,8-9,11-12,14H2;1-7,10,13,25H,8-9,11-12,14,21H2;2H,1H3. The Bertz CT molecular complexity index is 2180. The first-order valence-corrected chi connectivity index (χ1v) is 18.1. The minimum Gasteiger partial charge on any atom is -0.400 e. The summed E-state index contributed by atoms with van der Waals surface area (Å²) in [4.78, 5) is 32.6. The van der Waals surface area contributed by atoms with Crippen molar-refractivity contribution < 1.29 is 20.2 Å². The first-order chi connectivity index (χ1) is 26.2. The van der Waals surface area contributed by atoms with E-state index in [2.05, 4.69) is 74.4 Å². The van der Waals surface area contributed by atoms with E-state index in [9.17, 15) is 20.3 Å². The molecule has 0 spiro atoms. The van der Waals surface area contributed by atoms with Crippen molar-refractivity contribution in [3.05, 3.63) is 120 Å². The van der Waals surface area contributed by atoms with Crippen molar-refractivity contribution >= 4 is 33.4 Å². The van der Waals surface area contributed by atoms with Crippen molar-refractivity contribution in [2.45, 2.75) is 36.9 Å². The van der Waals surface area contributed by atoms with Crippen LogP contribution in [0.1, 0.15) is 25.7 Å². The maximum Gasteiger partial charge on any atom is 0.232 e. The third-order valence-corrected chi connectivity index (χ3v) is 10.1. The molecule has 0 radical (unpaired) electrons. The Morgan fingerprint density at radius 3 is 1.46 bits per heavy atom. The van der Waals surface area contributed by atoms with Crippen LogP contribution in [-0.2, 0) is 0 Å². The van der Waals surface area contributed by atoms with E-state index in [0.29, 0.717) is 57.2 Å². The molecule has 2 aliphatic heterocycles. The van der Waals surface area contributed by atoms with Crippen LogP contribution in [0.4, 0.5) is 11.9 Å². The molecule has 280 valence electrons. The summed E-state index contributed by atoms with van der Waals surface area (Å²) in [6.07, 6.45) is 5.48. The minimum atomic E-state index is -1.24. The number of fused-ring (bicyclic) bond motifs is 2. The zero-order valence-electron chi connectivity index (χ0n) is 30.3. The summed E-state index contributed by atoms with van der Waals surface area (Å²) in [5.74, 6) is 1.30. The highest BCUT2D eigenvalue weighted by atomic mass is 16.6. The maximum absolute atomic E-state index is 10.7. The van der Waals surface area contributed by atoms with Gasteiger partial charge in [0.1, 0.15) is 5.60 Å². The zero-order chi connectivity index (χ0) is 38.1. The smallest absolute Gasteiger partial charge is 0.232 e. The molecule has 0 saturated carbocycles. The first kappa shape index (κ1) is 38.1. The van der Waals surface area contributed by atoms with E-state index in [-0.39, 0.29) is 0 Å². The van der Waals surface area contributed by atoms with Crippen LogP contribution in [0.2, 0.25) is 0 Å². The molecule has 2 aromatic heterocycles. The Hall–Kier alpha value is -5.60. The molecule has 2 fully saturated rings. The predicted molar refractivity (Wildman–Crippen MR) is 212 cm³/mol. The van der Waals surface area contributed by atoms with Crippen LogP contribution in [0.15, 0.2) is 109 Å². The van der Waals surface area contributed by atoms with Crippen molar-refractivity contribution in [3.8, 4) is 22.5 Å². The summed E-state index contributed by atoms with van der Waals surface area (Å²) in [6.45, 7) is 2.30. The topological polar surface area (TPSA) is 188 Å². The monoisotopic (exact) mass is 730 g/mol. The Balaban J connectivity index is 0.000000177. The molecule has 13 nitrogen and oxygen atoms in total. The molecule has 8 rings (SSSR count). The molecule has 2 aliphatic rings. The largest absolute Gasteiger partial charge is 0.400 e. The van der Waals surface area contributed by atoms with Gasteiger partial charge in [0.2, 0.25) is 18.4 Å². The van der Waals surface area contributed by atoms with E-state index >= 15 is 0 Å². The van der Waals surface area contributed by atoms with Gasteiger partial charge in [-0.25, -0.2) is 19.9 Å². The number of hydrogen-bond donors (Lipinski definition) is 4. The molecule has 4 aromatic carbocycles. The molecule has 0 atom stereocenters. The van der Waals surface area contributed by atoms with Crippen molar-refractivity contribution in [2.75, 3.05) is 56.2 Å². The Morgan fingerprint density at radius 2 is 1.06 bits per heavy atom. The highest BCUT2D eigenvalue weighted by molar-refractivity contribution is 5.87. The molecule has 2 saturated heterocycles. The van der Waals surface area contributed by atoms with Crippen LogP contribution in [0.3, 0.4) is 0 Å². The van der Waals surface area contributed by atoms with Gasteiger partial charge in [0.15, 0.2) is 0 Å². The lowest BCUT2D eigenvalue weighted by Crippen LogP contribution is -2.49. The number of nitrogens with two attached hydrogens (primary N) is 1. The van der Waals surface area contributed by atoms with Gasteiger partial charge in [-0.15, -0.1) is 0 Å². The summed E-state index contributed by atoms with van der Waals surface area (Å²) in [7, 11) is 1.00. The van der Waals surface area contributed by atoms with Gasteiger partial charge in [-0.05, 0) is 58.7 Å². The fourth-order valence-corrected chi connectivity index (χ4v) is 6.87. The average Bonchev–Trinajstić information content (AvgIpc) is 3.22. The lowest BCUT2D eigenvalue weighted by Gasteiger charge is -2.37. The number of nitro groups is 1. The quantitative estimate of drug-likeness (QED) is 0.126. The number of anilines is 2. The van der Waals surface area contributed by atoms with E-state index in [1.807, 2.05) is 47.4 Å². The number of piperidine rings is 2. The molecule has 0 unspecified atom stereocenters. The first-order valence-electron chi connectivity index (χ1n) is 18.1. The Morgan fingerprint density at radius 1 is 0.648 bits per heavy atom. The number of hydrogen-bond acceptors (Lipinski definition) is 12. The third-order valence-electron chi connectivity index (χ3n) is 10.1. The van der Waals surface area contributed by atoms with Crippen LogP contribution < -0.4 is 15.5 Å². The lowest BCUT2D eigenvalue weighted by molar-refractivity contribution is -0.501. The number of aromatic nitrogens is 4. The van der Waals surface area contributed by atoms with Gasteiger partial charge < -0.3 is 30.9 Å². The van der Waals surface area contributed by atoms with Crippen LogP contribution >= 0.6 is 0 Å². The van der Waals surface area contributed by atoms with Crippen molar-refractivity contribution in [2.24, 2.45) is 5.73 Å². The second-order valence-electron chi connectivity index (χ2n) is 13.7. The third kappa shape index (κ3) is 9.12. The second kappa shape index (κ2) is 17.0. The van der Waals surface area contributed by atoms with Gasteiger partial charge in [0.05, 0.1) is 17.0 Å². The van der Waals surface area contributed by atoms with E-state index in [1.54, 1.807) is 12.4 Å². The average molecular weight is 731 g/mol. The lowest BCUT2D eigenvalue weighted by atomic mass is 9.92. The molecule has 6 aromatic rings. The normalized spacial score (nSPS) is 16.2. The number of benzene rings is 4. The van der Waals surface area contributed by atoms with Crippen LogP contribution in [-0.4, -0.2) is 97.8 Å². The highest BCUT2D eigenvalue weighted by Gasteiger charge is 2.37. The SMILES string of the molecule is CO.NCC1(O)CCN(c2nccc(-c3ccc4ccccc4c3)n2)CC1.O=[N+]([O-])CC1(O)CCN(c2nccc(-c3ccc4ccccc4c3)n2)CC1. The van der Waals surface area contributed by atoms with Gasteiger partial charge >= 0.3 is 0 Å². The fraction of sp³-hybridized carbons (Fsp3) is 0.317. The summed E-state index contributed by atoms with van der Waals surface area (Å²) in [6, 6.07) is 32.9. The predicted octanol–water partition coefficient (Wildman–Crippen LogP) is 5.10. The van der Waals surface area contributed by atoms with Crippen LogP contribution in [0.25, 0.3) is 44.1 Å². The van der Waals surface area contributed by atoms with Crippen LogP contribution in [0.5, 0.6) is 0 Å². The summed E-state index contributed by atoms with van der Waals surface area (Å²) >= 11 is 0. The minimum absolute atomic E-state index is 0.304. The van der Waals surface area contributed by atoms with Gasteiger partial charge in [-0.2, -0.15) is 0 Å². The molecule has 0 bridgehead atoms. The van der Waals surface area contributed by atoms with E-state index < -0.39 is 22.7 Å². The zero-order valence-corrected chi connectivity index (χ0v) is 30.3. The highest BCUT2D eigenvalue weighted by Crippen LogP contribution is 2.29. The van der Waals surface area contributed by atoms with E-state index in [1.165, 1.54) is 16.2 Å². The van der Waals surface area contributed by atoms with Gasteiger partial charge in [-0.1, -0.05) is 72.8 Å². The summed E-state index contributed by atoms with van der Waals surface area (Å²) in [5, 5.41) is 43.1. The molecule has 0 amide bonds. The molecule has 54 heavy (non-hydrogen) atoms. The molecular weight excluding hydrogens is 685 g/mol. The van der Waals surface area contributed by atoms with Crippen molar-refractivity contribution in [3.63, 3.8) is 0 Å². The Labute approximate surface area is 313 Å². The van der Waals surface area contributed by atoms with E-state index in [4.69, 9.17) is 15.8 Å². The van der Waals surface area contributed by atoms with Crippen molar-refractivity contribution in [1.29, 1.82) is 0 Å². The number of aliphatic hydroxyl groups is 3. The summed E-state index contributed by atoms with van der Waals surface area (Å²) < 4.78 is 0. The molecule has 0 aliphatic carbocycles. The number of aliphatic hydroxyl groups excluding tert-OH is 1. The van der Waals surface area contributed by atoms with Crippen molar-refractivity contribution in [1.82, 2.24) is 19.9 Å². The van der Waals surface area contributed by atoms with Gasteiger partial charge in [-0.3, -0.25) is 10.1 Å². The Kier molecular flexibility index (Phi) is 12.0. The molecular formula is C41H46N8O5.